The number of carbonyl (C=O) groups is 2. The number of anilines is 1. The van der Waals surface area contributed by atoms with Crippen LogP contribution in [0.25, 0.3) is 0 Å². The molecule has 31 heavy (non-hydrogen) atoms. The van der Waals surface area contributed by atoms with Gasteiger partial charge in [0.25, 0.3) is 5.91 Å². The summed E-state index contributed by atoms with van der Waals surface area (Å²) in [7, 11) is 0. The largest absolute Gasteiger partial charge is 0.456 e. The normalized spacial score (nSPS) is 11.0. The van der Waals surface area contributed by atoms with Crippen molar-refractivity contribution in [3.8, 4) is 11.5 Å². The first kappa shape index (κ1) is 22.1. The number of aromatic nitrogens is 1. The number of amides is 1. The van der Waals surface area contributed by atoms with Gasteiger partial charge in [0.15, 0.2) is 12.4 Å². The third-order valence-electron chi connectivity index (χ3n) is 3.84. The molecule has 0 aliphatic rings. The molecule has 160 valence electrons. The summed E-state index contributed by atoms with van der Waals surface area (Å²) < 4.78 is 48.6. The summed E-state index contributed by atoms with van der Waals surface area (Å²) in [4.78, 5) is 27.9. The second kappa shape index (κ2) is 9.48. The van der Waals surface area contributed by atoms with E-state index in [1.54, 1.807) is 42.5 Å². The van der Waals surface area contributed by atoms with Crippen LogP contribution >= 0.6 is 11.6 Å². The van der Waals surface area contributed by atoms with E-state index in [-0.39, 0.29) is 17.1 Å². The number of esters is 1. The Labute approximate surface area is 179 Å². The fourth-order valence-corrected chi connectivity index (χ4v) is 2.62. The number of carbonyl (C=O) groups excluding carboxylic acids is 2. The Kier molecular flexibility index (Phi) is 6.76. The van der Waals surface area contributed by atoms with Crippen molar-refractivity contribution in [2.75, 3.05) is 11.9 Å². The molecule has 1 amide bonds. The third kappa shape index (κ3) is 5.95. The van der Waals surface area contributed by atoms with Crippen LogP contribution in [0.15, 0.2) is 66.9 Å². The van der Waals surface area contributed by atoms with Crippen molar-refractivity contribution in [2.45, 2.75) is 6.18 Å². The quantitative estimate of drug-likeness (QED) is 0.513. The van der Waals surface area contributed by atoms with Gasteiger partial charge in [-0.2, -0.15) is 13.2 Å². The molecule has 0 saturated heterocycles. The lowest BCUT2D eigenvalue weighted by atomic mass is 10.2. The number of halogens is 4. The third-order valence-corrected chi connectivity index (χ3v) is 4.13. The molecule has 6 nitrogen and oxygen atoms in total. The highest BCUT2D eigenvalue weighted by Gasteiger charge is 2.31. The first-order valence-corrected chi connectivity index (χ1v) is 9.13. The molecule has 1 N–H and O–H groups in total. The van der Waals surface area contributed by atoms with Gasteiger partial charge in [-0.1, -0.05) is 41.9 Å². The summed E-state index contributed by atoms with van der Waals surface area (Å²) in [5.41, 5.74) is -0.971. The minimum atomic E-state index is -4.62. The summed E-state index contributed by atoms with van der Waals surface area (Å²) in [6.07, 6.45) is -4.09. The predicted molar refractivity (Wildman–Crippen MR) is 106 cm³/mol. The van der Waals surface area contributed by atoms with Crippen molar-refractivity contribution in [3.05, 3.63) is 83.0 Å². The zero-order chi connectivity index (χ0) is 22.4. The van der Waals surface area contributed by atoms with Crippen molar-refractivity contribution in [2.24, 2.45) is 0 Å². The second-order valence-corrected chi connectivity index (χ2v) is 6.49. The van der Waals surface area contributed by atoms with Crippen LogP contribution in [0, 0.1) is 0 Å². The molecular formula is C21H14ClF3N2O4. The first-order chi connectivity index (χ1) is 14.7. The number of para-hydroxylation sites is 2. The molecular weight excluding hydrogens is 437 g/mol. The van der Waals surface area contributed by atoms with E-state index >= 15 is 0 Å². The monoisotopic (exact) mass is 450 g/mol. The molecule has 0 aliphatic heterocycles. The van der Waals surface area contributed by atoms with Crippen molar-refractivity contribution < 1.29 is 32.2 Å². The standard InChI is InChI=1S/C21H14ClF3N2O4/c22-16-10-13(21(23,24)25)11-26-19(16)27-18(28)12-30-20(29)15-8-4-5-9-17(15)31-14-6-2-1-3-7-14/h1-11H,12H2,(H,26,27,28). The zero-order valence-corrected chi connectivity index (χ0v) is 16.4. The van der Waals surface area contributed by atoms with E-state index < -0.39 is 35.2 Å². The molecule has 3 rings (SSSR count). The van der Waals surface area contributed by atoms with Gasteiger partial charge in [0.1, 0.15) is 17.1 Å². The van der Waals surface area contributed by atoms with Crippen molar-refractivity contribution >= 4 is 29.3 Å². The summed E-state index contributed by atoms with van der Waals surface area (Å²) in [5, 5.41) is 1.79. The summed E-state index contributed by atoms with van der Waals surface area (Å²) in [6.45, 7) is -0.711. The van der Waals surface area contributed by atoms with E-state index in [9.17, 15) is 22.8 Å². The number of pyridine rings is 1. The molecule has 2 aromatic carbocycles. The molecule has 0 atom stereocenters. The summed E-state index contributed by atoms with van der Waals surface area (Å²) >= 11 is 5.73. The summed E-state index contributed by atoms with van der Waals surface area (Å²) in [6, 6.07) is 15.7. The Balaban J connectivity index is 1.62. The number of benzene rings is 2. The number of hydrogen-bond donors (Lipinski definition) is 1. The first-order valence-electron chi connectivity index (χ1n) is 8.75. The highest BCUT2D eigenvalue weighted by atomic mass is 35.5. The minimum absolute atomic E-state index is 0.0878. The average molecular weight is 451 g/mol. The molecule has 0 aliphatic carbocycles. The molecule has 0 saturated carbocycles. The number of hydrogen-bond acceptors (Lipinski definition) is 5. The van der Waals surface area contributed by atoms with Crippen LogP contribution in [0.3, 0.4) is 0 Å². The lowest BCUT2D eigenvalue weighted by Gasteiger charge is -2.12. The average Bonchev–Trinajstić information content (AvgIpc) is 2.74. The van der Waals surface area contributed by atoms with Crippen LogP contribution in [0.4, 0.5) is 19.0 Å². The molecule has 0 unspecified atom stereocenters. The minimum Gasteiger partial charge on any atom is -0.456 e. The number of ether oxygens (including phenoxy) is 2. The molecule has 1 aromatic heterocycles. The second-order valence-electron chi connectivity index (χ2n) is 6.09. The van der Waals surface area contributed by atoms with E-state index in [2.05, 4.69) is 10.3 Å². The molecule has 0 bridgehead atoms. The maximum atomic E-state index is 12.6. The molecule has 1 heterocycles. The van der Waals surface area contributed by atoms with Crippen LogP contribution in [0.5, 0.6) is 11.5 Å². The van der Waals surface area contributed by atoms with E-state index in [0.717, 1.165) is 0 Å². The zero-order valence-electron chi connectivity index (χ0n) is 15.7. The lowest BCUT2D eigenvalue weighted by Crippen LogP contribution is -2.22. The SMILES string of the molecule is O=C(COC(=O)c1ccccc1Oc1ccccc1)Nc1ncc(C(F)(F)F)cc1Cl. The van der Waals surface area contributed by atoms with E-state index in [1.807, 2.05) is 6.07 Å². The van der Waals surface area contributed by atoms with Gasteiger partial charge in [-0.3, -0.25) is 4.79 Å². The number of rotatable bonds is 6. The smallest absolute Gasteiger partial charge is 0.417 e. The van der Waals surface area contributed by atoms with E-state index in [0.29, 0.717) is 18.0 Å². The van der Waals surface area contributed by atoms with E-state index in [4.69, 9.17) is 21.1 Å². The van der Waals surface area contributed by atoms with Crippen molar-refractivity contribution in [3.63, 3.8) is 0 Å². The van der Waals surface area contributed by atoms with Gasteiger partial charge in [-0.15, -0.1) is 0 Å². The highest BCUT2D eigenvalue weighted by Crippen LogP contribution is 2.32. The molecule has 0 fully saturated rings. The van der Waals surface area contributed by atoms with Gasteiger partial charge >= 0.3 is 12.1 Å². The molecule has 0 spiro atoms. The number of nitrogens with one attached hydrogen (secondary N) is 1. The fourth-order valence-electron chi connectivity index (χ4n) is 2.40. The van der Waals surface area contributed by atoms with Crippen LogP contribution in [0.1, 0.15) is 15.9 Å². The van der Waals surface area contributed by atoms with E-state index in [1.165, 1.54) is 6.07 Å². The van der Waals surface area contributed by atoms with Crippen LogP contribution in [-0.2, 0) is 15.7 Å². The van der Waals surface area contributed by atoms with Gasteiger partial charge in [-0.05, 0) is 30.3 Å². The maximum absolute atomic E-state index is 12.6. The highest BCUT2D eigenvalue weighted by molar-refractivity contribution is 6.33. The Morgan fingerprint density at radius 3 is 2.39 bits per heavy atom. The Bertz CT molecular complexity index is 1090. The van der Waals surface area contributed by atoms with Gasteiger partial charge in [0, 0.05) is 6.20 Å². The predicted octanol–water partition coefficient (Wildman–Crippen LogP) is 5.34. The lowest BCUT2D eigenvalue weighted by molar-refractivity contribution is -0.137. The maximum Gasteiger partial charge on any atom is 0.417 e. The Morgan fingerprint density at radius 1 is 1.03 bits per heavy atom. The molecule has 10 heteroatoms. The van der Waals surface area contributed by atoms with Crippen LogP contribution in [0.2, 0.25) is 5.02 Å². The summed E-state index contributed by atoms with van der Waals surface area (Å²) in [5.74, 6) is -1.21. The van der Waals surface area contributed by atoms with Crippen LogP contribution < -0.4 is 10.1 Å². The molecule has 3 aromatic rings. The van der Waals surface area contributed by atoms with Crippen molar-refractivity contribution in [1.82, 2.24) is 4.98 Å². The van der Waals surface area contributed by atoms with Crippen LogP contribution in [-0.4, -0.2) is 23.5 Å². The number of nitrogens with zero attached hydrogens (tertiary/aromatic N) is 1. The van der Waals surface area contributed by atoms with Gasteiger partial charge in [0.05, 0.1) is 10.6 Å². The van der Waals surface area contributed by atoms with Crippen molar-refractivity contribution in [1.29, 1.82) is 0 Å². The van der Waals surface area contributed by atoms with Gasteiger partial charge in [0.2, 0.25) is 0 Å². The van der Waals surface area contributed by atoms with Gasteiger partial charge < -0.3 is 14.8 Å². The fraction of sp³-hybridized carbons (Fsp3) is 0.0952. The molecule has 0 radical (unpaired) electrons. The number of alkyl halides is 3. The Morgan fingerprint density at radius 2 is 1.71 bits per heavy atom. The Hall–Kier alpha value is -3.59. The van der Waals surface area contributed by atoms with Gasteiger partial charge in [-0.25, -0.2) is 9.78 Å². The topological polar surface area (TPSA) is 77.5 Å².